The molecule has 1 fully saturated rings. The fourth-order valence-electron chi connectivity index (χ4n) is 2.56. The Kier molecular flexibility index (Phi) is 2.95. The predicted molar refractivity (Wildman–Crippen MR) is 72.4 cm³/mol. The van der Waals surface area contributed by atoms with Crippen LogP contribution in [-0.4, -0.2) is 54.3 Å². The maximum Gasteiger partial charge on any atom is 0.256 e. The second kappa shape index (κ2) is 4.51. The number of anilines is 1. The van der Waals surface area contributed by atoms with Crippen LogP contribution in [0.1, 0.15) is 10.4 Å². The number of nitrogens with zero attached hydrogens (tertiary/aromatic N) is 2. The van der Waals surface area contributed by atoms with Gasteiger partial charge in [-0.15, -0.1) is 0 Å². The van der Waals surface area contributed by atoms with Crippen molar-refractivity contribution in [1.82, 2.24) is 9.80 Å². The van der Waals surface area contributed by atoms with E-state index in [-0.39, 0.29) is 11.8 Å². The Morgan fingerprint density at radius 1 is 1.32 bits per heavy atom. The number of halogens is 1. The summed E-state index contributed by atoms with van der Waals surface area (Å²) in [5.74, 6) is -0.269. The summed E-state index contributed by atoms with van der Waals surface area (Å²) in [7, 11) is 1.95. The average molecular weight is 280 g/mol. The molecule has 2 heterocycles. The van der Waals surface area contributed by atoms with Crippen LogP contribution in [0.25, 0.3) is 0 Å². The van der Waals surface area contributed by atoms with Crippen molar-refractivity contribution in [1.29, 1.82) is 0 Å². The van der Waals surface area contributed by atoms with E-state index in [1.54, 1.807) is 23.1 Å². The van der Waals surface area contributed by atoms with Gasteiger partial charge in [-0.3, -0.25) is 9.59 Å². The number of benzene rings is 1. The molecular formula is C13H14ClN3O2. The number of hydrogen-bond acceptors (Lipinski definition) is 3. The van der Waals surface area contributed by atoms with Crippen LogP contribution in [0.3, 0.4) is 0 Å². The molecule has 1 N–H and O–H groups in total. The minimum Gasteiger partial charge on any atom is -0.324 e. The van der Waals surface area contributed by atoms with Crippen LogP contribution in [0.4, 0.5) is 5.69 Å². The van der Waals surface area contributed by atoms with Crippen LogP contribution in [0.5, 0.6) is 0 Å². The zero-order valence-electron chi connectivity index (χ0n) is 10.5. The molecule has 19 heavy (non-hydrogen) atoms. The normalized spacial score (nSPS) is 23.5. The molecule has 1 saturated heterocycles. The quantitative estimate of drug-likeness (QED) is 0.772. The maximum atomic E-state index is 12.5. The topological polar surface area (TPSA) is 52.6 Å². The second-order valence-electron chi connectivity index (χ2n) is 4.96. The van der Waals surface area contributed by atoms with Crippen molar-refractivity contribution in [3.05, 3.63) is 28.8 Å². The summed E-state index contributed by atoms with van der Waals surface area (Å²) in [5, 5.41) is 3.31. The number of amides is 2. The predicted octanol–water partition coefficient (Wildman–Crippen LogP) is 1.05. The van der Waals surface area contributed by atoms with Gasteiger partial charge in [-0.05, 0) is 25.2 Å². The van der Waals surface area contributed by atoms with E-state index in [1.165, 1.54) is 0 Å². The van der Waals surface area contributed by atoms with Crippen molar-refractivity contribution >= 4 is 29.1 Å². The number of likely N-dealkylation sites (N-methyl/N-ethyl adjacent to an activating group) is 1. The molecule has 2 aliphatic rings. The zero-order chi connectivity index (χ0) is 13.6. The molecule has 2 amide bonds. The van der Waals surface area contributed by atoms with E-state index >= 15 is 0 Å². The number of nitrogens with one attached hydrogen (secondary N) is 1. The van der Waals surface area contributed by atoms with Gasteiger partial charge >= 0.3 is 0 Å². The van der Waals surface area contributed by atoms with Gasteiger partial charge in [0, 0.05) is 24.7 Å². The van der Waals surface area contributed by atoms with Gasteiger partial charge in [-0.1, -0.05) is 11.6 Å². The van der Waals surface area contributed by atoms with E-state index in [1.807, 2.05) is 7.05 Å². The maximum absolute atomic E-state index is 12.5. The molecule has 100 valence electrons. The summed E-state index contributed by atoms with van der Waals surface area (Å²) in [4.78, 5) is 28.4. The smallest absolute Gasteiger partial charge is 0.256 e. The Balaban J connectivity index is 2.05. The van der Waals surface area contributed by atoms with Crippen LogP contribution in [0, 0.1) is 0 Å². The lowest BCUT2D eigenvalue weighted by Crippen LogP contribution is -2.57. The minimum absolute atomic E-state index is 0.131. The third-order valence-electron chi connectivity index (χ3n) is 3.62. The fraction of sp³-hybridized carbons (Fsp3) is 0.385. The summed E-state index contributed by atoms with van der Waals surface area (Å²) in [6, 6.07) is 4.53. The van der Waals surface area contributed by atoms with Gasteiger partial charge in [0.15, 0.2) is 0 Å². The Morgan fingerprint density at radius 3 is 2.89 bits per heavy atom. The summed E-state index contributed by atoms with van der Waals surface area (Å²) in [6.07, 6.45) is 0. The molecule has 0 radical (unpaired) electrons. The van der Waals surface area contributed by atoms with E-state index in [4.69, 9.17) is 11.6 Å². The molecule has 3 rings (SSSR count). The Morgan fingerprint density at radius 2 is 2.11 bits per heavy atom. The first-order chi connectivity index (χ1) is 9.06. The van der Waals surface area contributed by atoms with Gasteiger partial charge in [0.2, 0.25) is 5.91 Å². The molecule has 1 aromatic rings. The highest BCUT2D eigenvalue weighted by molar-refractivity contribution is 6.31. The van der Waals surface area contributed by atoms with E-state index in [9.17, 15) is 9.59 Å². The third-order valence-corrected chi connectivity index (χ3v) is 3.85. The van der Waals surface area contributed by atoms with Crippen LogP contribution < -0.4 is 5.32 Å². The monoisotopic (exact) mass is 279 g/mol. The van der Waals surface area contributed by atoms with Crippen molar-refractivity contribution in [2.75, 3.05) is 32.0 Å². The first kappa shape index (κ1) is 12.4. The molecule has 0 aromatic heterocycles. The lowest BCUT2D eigenvalue weighted by atomic mass is 10.1. The third kappa shape index (κ3) is 2.09. The van der Waals surface area contributed by atoms with E-state index in [0.29, 0.717) is 29.4 Å². The summed E-state index contributed by atoms with van der Waals surface area (Å²) in [5.41, 5.74) is 1.00. The van der Waals surface area contributed by atoms with Crippen LogP contribution >= 0.6 is 11.6 Å². The highest BCUT2D eigenvalue weighted by atomic mass is 35.5. The number of piperazine rings is 1. The Labute approximate surface area is 116 Å². The number of hydrogen-bond donors (Lipinski definition) is 1. The van der Waals surface area contributed by atoms with Crippen molar-refractivity contribution < 1.29 is 9.59 Å². The largest absolute Gasteiger partial charge is 0.324 e. The molecule has 0 saturated carbocycles. The molecule has 0 bridgehead atoms. The molecule has 0 spiro atoms. The summed E-state index contributed by atoms with van der Waals surface area (Å²) in [6.45, 7) is 1.88. The van der Waals surface area contributed by atoms with E-state index in [0.717, 1.165) is 6.54 Å². The fourth-order valence-corrected chi connectivity index (χ4v) is 2.73. The van der Waals surface area contributed by atoms with Crippen molar-refractivity contribution in [2.24, 2.45) is 0 Å². The highest BCUT2D eigenvalue weighted by Gasteiger charge is 2.38. The van der Waals surface area contributed by atoms with Gasteiger partial charge in [0.25, 0.3) is 5.91 Å². The summed E-state index contributed by atoms with van der Waals surface area (Å²) < 4.78 is 0. The average Bonchev–Trinajstić information content (AvgIpc) is 2.48. The van der Waals surface area contributed by atoms with Crippen molar-refractivity contribution in [3.63, 3.8) is 0 Å². The van der Waals surface area contributed by atoms with Gasteiger partial charge in [0.1, 0.15) is 6.04 Å². The Bertz CT molecular complexity index is 561. The number of fused-ring (bicyclic) bond motifs is 2. The summed E-state index contributed by atoms with van der Waals surface area (Å²) >= 11 is 5.94. The standard InChI is InChI=1S/C13H14ClN3O2/c1-16-4-5-17-11(7-16)12(18)15-10-3-2-8(14)6-9(10)13(17)19/h2-3,6,11H,4-5,7H2,1H3,(H,15,18). The SMILES string of the molecule is CN1CCN2C(=O)c3cc(Cl)ccc3NC(=O)C2C1. The van der Waals surface area contributed by atoms with Gasteiger partial charge in [0.05, 0.1) is 11.3 Å². The molecule has 6 heteroatoms. The molecule has 2 aliphatic heterocycles. The van der Waals surface area contributed by atoms with Gasteiger partial charge < -0.3 is 15.1 Å². The first-order valence-corrected chi connectivity index (χ1v) is 6.54. The van der Waals surface area contributed by atoms with E-state index in [2.05, 4.69) is 10.2 Å². The molecule has 5 nitrogen and oxygen atoms in total. The van der Waals surface area contributed by atoms with Crippen molar-refractivity contribution in [2.45, 2.75) is 6.04 Å². The molecule has 1 aromatic carbocycles. The Hall–Kier alpha value is -1.59. The molecular weight excluding hydrogens is 266 g/mol. The van der Waals surface area contributed by atoms with Crippen LogP contribution in [-0.2, 0) is 4.79 Å². The van der Waals surface area contributed by atoms with Crippen LogP contribution in [0.15, 0.2) is 18.2 Å². The zero-order valence-corrected chi connectivity index (χ0v) is 11.3. The minimum atomic E-state index is -0.433. The number of rotatable bonds is 0. The highest BCUT2D eigenvalue weighted by Crippen LogP contribution is 2.27. The van der Waals surface area contributed by atoms with Crippen LogP contribution in [0.2, 0.25) is 5.02 Å². The first-order valence-electron chi connectivity index (χ1n) is 6.16. The lowest BCUT2D eigenvalue weighted by molar-refractivity contribution is -0.122. The molecule has 1 atom stereocenters. The van der Waals surface area contributed by atoms with Gasteiger partial charge in [-0.2, -0.15) is 0 Å². The molecule has 1 unspecified atom stereocenters. The number of carbonyl (C=O) groups excluding carboxylic acids is 2. The second-order valence-corrected chi connectivity index (χ2v) is 5.39. The van der Waals surface area contributed by atoms with Crippen molar-refractivity contribution in [3.8, 4) is 0 Å². The lowest BCUT2D eigenvalue weighted by Gasteiger charge is -2.37. The molecule has 0 aliphatic carbocycles. The van der Waals surface area contributed by atoms with Gasteiger partial charge in [-0.25, -0.2) is 0 Å². The number of carbonyl (C=O) groups is 2. The van der Waals surface area contributed by atoms with E-state index < -0.39 is 6.04 Å².